The summed E-state index contributed by atoms with van der Waals surface area (Å²) in [6.07, 6.45) is 10.8. The highest BCUT2D eigenvalue weighted by atomic mass is 16.5. The van der Waals surface area contributed by atoms with Gasteiger partial charge in [0.1, 0.15) is 0 Å². The first-order chi connectivity index (χ1) is 11.6. The number of hydrogen-bond acceptors (Lipinski definition) is 4. The van der Waals surface area contributed by atoms with Crippen LogP contribution in [0, 0.1) is 13.8 Å². The van der Waals surface area contributed by atoms with Crippen molar-refractivity contribution < 1.29 is 4.52 Å². The lowest BCUT2D eigenvalue weighted by Crippen LogP contribution is -2.34. The van der Waals surface area contributed by atoms with E-state index in [1.54, 1.807) is 0 Å². The highest BCUT2D eigenvalue weighted by Gasteiger charge is 2.36. The third kappa shape index (κ3) is 2.59. The molecule has 0 aliphatic heterocycles. The molecule has 4 rings (SSSR count). The quantitative estimate of drug-likeness (QED) is 0.907. The van der Waals surface area contributed by atoms with Crippen LogP contribution in [-0.2, 0) is 5.54 Å². The van der Waals surface area contributed by atoms with E-state index in [1.807, 2.05) is 0 Å². The highest BCUT2D eigenvalue weighted by molar-refractivity contribution is 5.58. The zero-order chi connectivity index (χ0) is 16.7. The van der Waals surface area contributed by atoms with E-state index >= 15 is 0 Å². The van der Waals surface area contributed by atoms with Crippen molar-refractivity contribution in [3.63, 3.8) is 0 Å². The predicted octanol–water partition coefficient (Wildman–Crippen LogP) is 4.39. The molecule has 0 spiro atoms. The van der Waals surface area contributed by atoms with Crippen molar-refractivity contribution in [2.45, 2.75) is 83.2 Å². The van der Waals surface area contributed by atoms with Gasteiger partial charge in [-0.25, -0.2) is 0 Å². The Morgan fingerprint density at radius 1 is 1.12 bits per heavy atom. The Labute approximate surface area is 143 Å². The normalized spacial score (nSPS) is 21.5. The summed E-state index contributed by atoms with van der Waals surface area (Å²) in [5.41, 5.74) is 9.68. The van der Waals surface area contributed by atoms with Crippen LogP contribution in [0.4, 0.5) is 0 Å². The van der Waals surface area contributed by atoms with Crippen molar-refractivity contribution in [2.75, 3.05) is 0 Å². The van der Waals surface area contributed by atoms with Crippen LogP contribution in [0.1, 0.15) is 81.0 Å². The zero-order valence-corrected chi connectivity index (χ0v) is 14.8. The van der Waals surface area contributed by atoms with Gasteiger partial charge in [0.2, 0.25) is 0 Å². The molecular formula is C19H28N4O. The van der Waals surface area contributed by atoms with E-state index in [4.69, 9.17) is 10.3 Å². The van der Waals surface area contributed by atoms with E-state index < -0.39 is 5.54 Å². The number of nitrogens with two attached hydrogens (primary N) is 1. The summed E-state index contributed by atoms with van der Waals surface area (Å²) >= 11 is 0. The van der Waals surface area contributed by atoms with Crippen molar-refractivity contribution in [2.24, 2.45) is 5.73 Å². The second-order valence-electron chi connectivity index (χ2n) is 7.73. The molecule has 0 saturated heterocycles. The molecule has 130 valence electrons. The SMILES string of the molecule is Cc1cc(-c2nc(C3(N)CCCC3)no2)c(C)n1C1CCCCC1. The summed E-state index contributed by atoms with van der Waals surface area (Å²) < 4.78 is 8.09. The molecule has 5 nitrogen and oxygen atoms in total. The molecule has 0 amide bonds. The summed E-state index contributed by atoms with van der Waals surface area (Å²) in [6, 6.07) is 2.81. The second-order valence-corrected chi connectivity index (χ2v) is 7.73. The van der Waals surface area contributed by atoms with Crippen LogP contribution in [0.25, 0.3) is 11.5 Å². The van der Waals surface area contributed by atoms with E-state index in [0.29, 0.717) is 17.8 Å². The monoisotopic (exact) mass is 328 g/mol. The van der Waals surface area contributed by atoms with Crippen LogP contribution >= 0.6 is 0 Å². The lowest BCUT2D eigenvalue weighted by Gasteiger charge is -2.26. The van der Waals surface area contributed by atoms with Crippen LogP contribution in [0.3, 0.4) is 0 Å². The first kappa shape index (κ1) is 15.9. The molecule has 5 heteroatoms. The second kappa shape index (κ2) is 6.03. The Kier molecular flexibility index (Phi) is 3.99. The zero-order valence-electron chi connectivity index (χ0n) is 14.8. The fourth-order valence-corrected chi connectivity index (χ4v) is 4.66. The van der Waals surface area contributed by atoms with Gasteiger partial charge in [0.25, 0.3) is 5.89 Å². The summed E-state index contributed by atoms with van der Waals surface area (Å²) in [5.74, 6) is 1.30. The molecule has 2 aliphatic carbocycles. The summed E-state index contributed by atoms with van der Waals surface area (Å²) in [7, 11) is 0. The fourth-order valence-electron chi connectivity index (χ4n) is 4.66. The van der Waals surface area contributed by atoms with Gasteiger partial charge in [-0.2, -0.15) is 4.98 Å². The van der Waals surface area contributed by atoms with Crippen molar-refractivity contribution in [3.8, 4) is 11.5 Å². The molecule has 2 saturated carbocycles. The first-order valence-electron chi connectivity index (χ1n) is 9.40. The van der Waals surface area contributed by atoms with Crippen LogP contribution in [0.15, 0.2) is 10.6 Å². The van der Waals surface area contributed by atoms with Crippen LogP contribution in [-0.4, -0.2) is 14.7 Å². The van der Waals surface area contributed by atoms with Gasteiger partial charge in [-0.1, -0.05) is 37.3 Å². The summed E-state index contributed by atoms with van der Waals surface area (Å²) in [5, 5.41) is 4.22. The molecule has 0 aromatic carbocycles. The third-order valence-corrected chi connectivity index (χ3v) is 6.02. The molecule has 0 radical (unpaired) electrons. The topological polar surface area (TPSA) is 69.9 Å². The minimum atomic E-state index is -0.392. The van der Waals surface area contributed by atoms with Crippen LogP contribution < -0.4 is 5.73 Å². The van der Waals surface area contributed by atoms with E-state index in [1.165, 1.54) is 43.5 Å². The molecule has 24 heavy (non-hydrogen) atoms. The van der Waals surface area contributed by atoms with Crippen molar-refractivity contribution in [3.05, 3.63) is 23.3 Å². The molecule has 0 unspecified atom stereocenters. The Morgan fingerprint density at radius 3 is 2.54 bits per heavy atom. The number of aromatic nitrogens is 3. The summed E-state index contributed by atoms with van der Waals surface area (Å²) in [4.78, 5) is 4.68. The maximum absolute atomic E-state index is 6.47. The Hall–Kier alpha value is -1.62. The maximum atomic E-state index is 6.47. The molecule has 2 aliphatic rings. The molecular weight excluding hydrogens is 300 g/mol. The molecule has 2 aromatic heterocycles. The van der Waals surface area contributed by atoms with Gasteiger partial charge in [-0.15, -0.1) is 0 Å². The minimum Gasteiger partial charge on any atom is -0.345 e. The number of rotatable bonds is 3. The Bertz CT molecular complexity index is 718. The minimum absolute atomic E-state index is 0.392. The third-order valence-electron chi connectivity index (χ3n) is 6.02. The van der Waals surface area contributed by atoms with Crippen molar-refractivity contribution >= 4 is 0 Å². The maximum Gasteiger partial charge on any atom is 0.259 e. The van der Waals surface area contributed by atoms with E-state index in [9.17, 15) is 0 Å². The fraction of sp³-hybridized carbons (Fsp3) is 0.684. The standard InChI is InChI=1S/C19H28N4O/c1-13-12-16(14(2)23(13)15-8-4-3-5-9-15)17-21-18(22-24-17)19(20)10-6-7-11-19/h12,15H,3-11,20H2,1-2H3. The Morgan fingerprint density at radius 2 is 1.83 bits per heavy atom. The first-order valence-corrected chi connectivity index (χ1v) is 9.40. The molecule has 2 fully saturated rings. The highest BCUT2D eigenvalue weighted by Crippen LogP contribution is 2.38. The van der Waals surface area contributed by atoms with Crippen molar-refractivity contribution in [1.82, 2.24) is 14.7 Å². The molecule has 2 heterocycles. The molecule has 2 N–H and O–H groups in total. The number of aryl methyl sites for hydroxylation is 1. The van der Waals surface area contributed by atoms with Gasteiger partial charge in [0.15, 0.2) is 5.82 Å². The largest absolute Gasteiger partial charge is 0.345 e. The van der Waals surface area contributed by atoms with Crippen molar-refractivity contribution in [1.29, 1.82) is 0 Å². The summed E-state index contributed by atoms with van der Waals surface area (Å²) in [6.45, 7) is 4.36. The van der Waals surface area contributed by atoms with E-state index in [0.717, 1.165) is 31.2 Å². The van der Waals surface area contributed by atoms with Gasteiger partial charge in [-0.3, -0.25) is 0 Å². The van der Waals surface area contributed by atoms with Gasteiger partial charge < -0.3 is 14.8 Å². The molecule has 0 bridgehead atoms. The lowest BCUT2D eigenvalue weighted by molar-refractivity contribution is 0.345. The van der Waals surface area contributed by atoms with Gasteiger partial charge in [0, 0.05) is 17.4 Å². The molecule has 0 atom stereocenters. The van der Waals surface area contributed by atoms with Gasteiger partial charge >= 0.3 is 0 Å². The van der Waals surface area contributed by atoms with Gasteiger partial charge in [-0.05, 0) is 45.6 Å². The predicted molar refractivity (Wildman–Crippen MR) is 93.7 cm³/mol. The van der Waals surface area contributed by atoms with E-state index in [-0.39, 0.29) is 0 Å². The average molecular weight is 328 g/mol. The van der Waals surface area contributed by atoms with Gasteiger partial charge in [0.05, 0.1) is 11.1 Å². The van der Waals surface area contributed by atoms with Crippen LogP contribution in [0.5, 0.6) is 0 Å². The van der Waals surface area contributed by atoms with E-state index in [2.05, 4.69) is 34.6 Å². The smallest absolute Gasteiger partial charge is 0.259 e. The van der Waals surface area contributed by atoms with Crippen LogP contribution in [0.2, 0.25) is 0 Å². The Balaban J connectivity index is 1.66. The number of hydrogen-bond donors (Lipinski definition) is 1. The molecule has 2 aromatic rings. The lowest BCUT2D eigenvalue weighted by atomic mass is 9.95. The average Bonchev–Trinajstić information content (AvgIpc) is 3.28. The number of nitrogens with zero attached hydrogens (tertiary/aromatic N) is 3.